The van der Waals surface area contributed by atoms with Gasteiger partial charge in [0.25, 0.3) is 0 Å². The van der Waals surface area contributed by atoms with Gasteiger partial charge in [0.1, 0.15) is 13.2 Å². The number of hydrogen-bond donors (Lipinski definition) is 1. The van der Waals surface area contributed by atoms with Gasteiger partial charge in [-0.2, -0.15) is 0 Å². The molecule has 2 heterocycles. The van der Waals surface area contributed by atoms with Crippen LogP contribution in [0.15, 0.2) is 42.7 Å². The van der Waals surface area contributed by atoms with Crippen LogP contribution in [-0.4, -0.2) is 18.2 Å². The molecule has 0 spiro atoms. The number of para-hydroxylation sites is 1. The van der Waals surface area contributed by atoms with Crippen molar-refractivity contribution in [1.29, 1.82) is 0 Å². The van der Waals surface area contributed by atoms with Crippen LogP contribution in [0, 0.1) is 0 Å². The van der Waals surface area contributed by atoms with Crippen molar-refractivity contribution in [3.63, 3.8) is 0 Å². The summed E-state index contributed by atoms with van der Waals surface area (Å²) in [6.07, 6.45) is 3.65. The van der Waals surface area contributed by atoms with Crippen molar-refractivity contribution in [2.75, 3.05) is 13.2 Å². The van der Waals surface area contributed by atoms with E-state index in [1.54, 1.807) is 6.20 Å². The minimum atomic E-state index is 0.618. The smallest absolute Gasteiger partial charge is 0.165 e. The van der Waals surface area contributed by atoms with Gasteiger partial charge in [-0.05, 0) is 17.7 Å². The summed E-state index contributed by atoms with van der Waals surface area (Å²) in [5.41, 5.74) is 2.30. The van der Waals surface area contributed by atoms with E-state index in [4.69, 9.17) is 9.47 Å². The van der Waals surface area contributed by atoms with Gasteiger partial charge in [0.15, 0.2) is 11.5 Å². The second-order valence-corrected chi connectivity index (χ2v) is 4.41. The van der Waals surface area contributed by atoms with Crippen molar-refractivity contribution < 1.29 is 9.47 Å². The lowest BCUT2D eigenvalue weighted by Gasteiger charge is -2.21. The molecule has 1 aliphatic heterocycles. The summed E-state index contributed by atoms with van der Waals surface area (Å²) < 4.78 is 11.2. The molecule has 0 aliphatic carbocycles. The SMILES string of the molecule is c1cncc(CNCc2cccc3c2OCCO3)c1. The molecule has 0 radical (unpaired) electrons. The van der Waals surface area contributed by atoms with Gasteiger partial charge in [0, 0.05) is 31.0 Å². The molecule has 0 saturated carbocycles. The first-order valence-electron chi connectivity index (χ1n) is 6.40. The van der Waals surface area contributed by atoms with Crippen LogP contribution in [0.1, 0.15) is 11.1 Å². The molecule has 0 unspecified atom stereocenters. The zero-order valence-corrected chi connectivity index (χ0v) is 10.6. The number of fused-ring (bicyclic) bond motifs is 1. The second kappa shape index (κ2) is 5.71. The number of benzene rings is 1. The van der Waals surface area contributed by atoms with Crippen LogP contribution in [0.3, 0.4) is 0 Å². The monoisotopic (exact) mass is 256 g/mol. The number of aromatic nitrogens is 1. The lowest BCUT2D eigenvalue weighted by molar-refractivity contribution is 0.169. The average molecular weight is 256 g/mol. The van der Waals surface area contributed by atoms with Crippen LogP contribution in [0.4, 0.5) is 0 Å². The van der Waals surface area contributed by atoms with E-state index in [2.05, 4.69) is 22.4 Å². The lowest BCUT2D eigenvalue weighted by Crippen LogP contribution is -2.19. The van der Waals surface area contributed by atoms with E-state index in [9.17, 15) is 0 Å². The van der Waals surface area contributed by atoms with Crippen molar-refractivity contribution in [2.24, 2.45) is 0 Å². The molecular formula is C15H16N2O2. The fourth-order valence-corrected chi connectivity index (χ4v) is 2.12. The number of nitrogens with zero attached hydrogens (tertiary/aromatic N) is 1. The Bertz CT molecular complexity index is 543. The van der Waals surface area contributed by atoms with Gasteiger partial charge in [-0.1, -0.05) is 18.2 Å². The minimum absolute atomic E-state index is 0.618. The van der Waals surface area contributed by atoms with Crippen LogP contribution in [0.5, 0.6) is 11.5 Å². The Balaban J connectivity index is 1.64. The Morgan fingerprint density at radius 3 is 2.89 bits per heavy atom. The molecule has 0 bridgehead atoms. The first-order valence-corrected chi connectivity index (χ1v) is 6.40. The molecule has 1 aromatic carbocycles. The second-order valence-electron chi connectivity index (χ2n) is 4.41. The Hall–Kier alpha value is -2.07. The van der Waals surface area contributed by atoms with E-state index in [-0.39, 0.29) is 0 Å². The van der Waals surface area contributed by atoms with Crippen molar-refractivity contribution in [2.45, 2.75) is 13.1 Å². The summed E-state index contributed by atoms with van der Waals surface area (Å²) >= 11 is 0. The minimum Gasteiger partial charge on any atom is -0.486 e. The molecule has 0 atom stereocenters. The van der Waals surface area contributed by atoms with Crippen molar-refractivity contribution >= 4 is 0 Å². The molecule has 3 rings (SSSR count). The van der Waals surface area contributed by atoms with Gasteiger partial charge in [0.05, 0.1) is 0 Å². The summed E-state index contributed by atoms with van der Waals surface area (Å²) in [7, 11) is 0. The van der Waals surface area contributed by atoms with Crippen molar-refractivity contribution in [3.05, 3.63) is 53.9 Å². The molecule has 0 amide bonds. The van der Waals surface area contributed by atoms with Crippen LogP contribution < -0.4 is 14.8 Å². The van der Waals surface area contributed by atoms with E-state index in [1.165, 1.54) is 5.56 Å². The molecule has 98 valence electrons. The lowest BCUT2D eigenvalue weighted by atomic mass is 10.1. The fraction of sp³-hybridized carbons (Fsp3) is 0.267. The molecular weight excluding hydrogens is 240 g/mol. The summed E-state index contributed by atoms with van der Waals surface area (Å²) in [4.78, 5) is 4.10. The summed E-state index contributed by atoms with van der Waals surface area (Å²) in [5.74, 6) is 1.71. The summed E-state index contributed by atoms with van der Waals surface area (Å²) in [6, 6.07) is 10.00. The van der Waals surface area contributed by atoms with Gasteiger partial charge < -0.3 is 14.8 Å². The summed E-state index contributed by atoms with van der Waals surface area (Å²) in [5, 5.41) is 3.39. The normalized spacial score (nSPS) is 13.3. The Kier molecular flexibility index (Phi) is 3.61. The number of ether oxygens (including phenoxy) is 2. The highest BCUT2D eigenvalue weighted by molar-refractivity contribution is 5.47. The molecule has 19 heavy (non-hydrogen) atoms. The third-order valence-electron chi connectivity index (χ3n) is 3.02. The molecule has 0 fully saturated rings. The molecule has 0 saturated heterocycles. The van der Waals surface area contributed by atoms with E-state index in [0.29, 0.717) is 13.2 Å². The summed E-state index contributed by atoms with van der Waals surface area (Å²) in [6.45, 7) is 2.78. The predicted octanol–water partition coefficient (Wildman–Crippen LogP) is 2.14. The molecule has 1 aliphatic rings. The Morgan fingerprint density at radius 1 is 1.05 bits per heavy atom. The van der Waals surface area contributed by atoms with E-state index < -0.39 is 0 Å². The van der Waals surface area contributed by atoms with Crippen LogP contribution in [0.2, 0.25) is 0 Å². The largest absolute Gasteiger partial charge is 0.486 e. The van der Waals surface area contributed by atoms with E-state index in [0.717, 1.165) is 30.2 Å². The standard InChI is InChI=1S/C15H16N2O2/c1-4-13(15-14(5-1)18-7-8-19-15)11-17-10-12-3-2-6-16-9-12/h1-6,9,17H,7-8,10-11H2. The zero-order valence-electron chi connectivity index (χ0n) is 10.6. The molecule has 1 N–H and O–H groups in total. The number of rotatable bonds is 4. The zero-order chi connectivity index (χ0) is 12.9. The third-order valence-corrected chi connectivity index (χ3v) is 3.02. The predicted molar refractivity (Wildman–Crippen MR) is 72.2 cm³/mol. The van der Waals surface area contributed by atoms with Gasteiger partial charge in [-0.15, -0.1) is 0 Å². The Labute approximate surface area is 112 Å². The number of nitrogens with one attached hydrogen (secondary N) is 1. The highest BCUT2D eigenvalue weighted by Gasteiger charge is 2.14. The maximum absolute atomic E-state index is 5.68. The molecule has 4 heteroatoms. The van der Waals surface area contributed by atoms with Gasteiger partial charge in [-0.3, -0.25) is 4.98 Å². The van der Waals surface area contributed by atoms with Crippen molar-refractivity contribution in [3.8, 4) is 11.5 Å². The maximum Gasteiger partial charge on any atom is 0.165 e. The van der Waals surface area contributed by atoms with E-state index >= 15 is 0 Å². The van der Waals surface area contributed by atoms with Gasteiger partial charge in [0.2, 0.25) is 0 Å². The fourth-order valence-electron chi connectivity index (χ4n) is 2.12. The number of pyridine rings is 1. The van der Waals surface area contributed by atoms with Crippen LogP contribution in [0.25, 0.3) is 0 Å². The third kappa shape index (κ3) is 2.85. The van der Waals surface area contributed by atoms with Crippen LogP contribution >= 0.6 is 0 Å². The molecule has 4 nitrogen and oxygen atoms in total. The average Bonchev–Trinajstić information content (AvgIpc) is 2.49. The van der Waals surface area contributed by atoms with Gasteiger partial charge in [-0.25, -0.2) is 0 Å². The van der Waals surface area contributed by atoms with E-state index in [1.807, 2.05) is 24.4 Å². The Morgan fingerprint density at radius 2 is 2.00 bits per heavy atom. The number of hydrogen-bond acceptors (Lipinski definition) is 4. The molecule has 2 aromatic rings. The first-order chi connectivity index (χ1) is 9.43. The highest BCUT2D eigenvalue weighted by atomic mass is 16.6. The van der Waals surface area contributed by atoms with Crippen LogP contribution in [-0.2, 0) is 13.1 Å². The highest BCUT2D eigenvalue weighted by Crippen LogP contribution is 2.33. The quantitative estimate of drug-likeness (QED) is 0.910. The first kappa shape index (κ1) is 12.0. The molecule has 1 aromatic heterocycles. The van der Waals surface area contributed by atoms with Gasteiger partial charge >= 0.3 is 0 Å². The topological polar surface area (TPSA) is 43.4 Å². The van der Waals surface area contributed by atoms with Crippen molar-refractivity contribution in [1.82, 2.24) is 10.3 Å². The maximum atomic E-state index is 5.68.